The fraction of sp³-hybridized carbons (Fsp3) is 0.185. The Morgan fingerprint density at radius 1 is 1.06 bits per heavy atom. The molecule has 0 fully saturated rings. The molecule has 6 nitrogen and oxygen atoms in total. The number of carbonyl (C=O) groups is 2. The molecular weight excluding hydrogens is 463 g/mol. The van der Waals surface area contributed by atoms with Crippen molar-refractivity contribution in [1.29, 1.82) is 0 Å². The summed E-state index contributed by atoms with van der Waals surface area (Å²) in [4.78, 5) is 29.5. The van der Waals surface area contributed by atoms with E-state index in [0.717, 1.165) is 16.8 Å². The van der Waals surface area contributed by atoms with E-state index in [1.807, 2.05) is 61.5 Å². The van der Waals surface area contributed by atoms with E-state index in [-0.39, 0.29) is 24.1 Å². The molecule has 8 heteroatoms. The minimum absolute atomic E-state index is 0.0881. The molecule has 0 saturated carbocycles. The molecule has 1 N–H and O–H groups in total. The number of thioether (sulfide) groups is 1. The van der Waals surface area contributed by atoms with E-state index in [1.165, 1.54) is 29.5 Å². The molecule has 35 heavy (non-hydrogen) atoms. The summed E-state index contributed by atoms with van der Waals surface area (Å²) < 4.78 is 13.9. The standard InChI is InChI=1S/C27H23FN4O2S/c1-17-11-13-18(14-12-17)22-15-23(19-7-3-2-4-8-19)32(31-22)27-30-26(34)24(35-27)16-25(33)29-21-10-6-5-9-20(21)28/h2-14,23-24H,15-16H2,1H3,(H,29,33)/t23-,24+/m0/s1. The van der Waals surface area contributed by atoms with Gasteiger partial charge in [-0.1, -0.05) is 84.1 Å². The summed E-state index contributed by atoms with van der Waals surface area (Å²) in [7, 11) is 0. The van der Waals surface area contributed by atoms with E-state index in [2.05, 4.69) is 10.3 Å². The number of anilines is 1. The molecule has 2 heterocycles. The number of amidine groups is 1. The Kier molecular flexibility index (Phi) is 6.46. The minimum atomic E-state index is -0.688. The monoisotopic (exact) mass is 486 g/mol. The number of amides is 2. The van der Waals surface area contributed by atoms with Crippen LogP contribution in [0, 0.1) is 12.7 Å². The second-order valence-corrected chi connectivity index (χ2v) is 9.63. The number of nitrogens with zero attached hydrogens (tertiary/aromatic N) is 3. The summed E-state index contributed by atoms with van der Waals surface area (Å²) in [6, 6.07) is 24.0. The van der Waals surface area contributed by atoms with E-state index in [0.29, 0.717) is 11.6 Å². The third-order valence-electron chi connectivity index (χ3n) is 5.92. The van der Waals surface area contributed by atoms with Gasteiger partial charge in [0.15, 0.2) is 5.17 Å². The molecule has 0 aliphatic carbocycles. The first-order valence-electron chi connectivity index (χ1n) is 11.3. The second-order valence-electron chi connectivity index (χ2n) is 8.46. The van der Waals surface area contributed by atoms with Gasteiger partial charge in [0.05, 0.1) is 17.4 Å². The molecule has 0 spiro atoms. The number of hydrogen-bond donors (Lipinski definition) is 1. The quantitative estimate of drug-likeness (QED) is 0.530. The van der Waals surface area contributed by atoms with Gasteiger partial charge in [-0.3, -0.25) is 9.59 Å². The van der Waals surface area contributed by atoms with E-state index in [1.54, 1.807) is 17.1 Å². The van der Waals surface area contributed by atoms with Gasteiger partial charge in [-0.25, -0.2) is 9.40 Å². The first-order chi connectivity index (χ1) is 17.0. The highest BCUT2D eigenvalue weighted by molar-refractivity contribution is 8.15. The molecular formula is C27H23FN4O2S. The van der Waals surface area contributed by atoms with Crippen molar-refractivity contribution in [2.75, 3.05) is 5.32 Å². The molecule has 2 atom stereocenters. The number of hydrazone groups is 1. The van der Waals surface area contributed by atoms with Gasteiger partial charge in [0.2, 0.25) is 5.91 Å². The minimum Gasteiger partial charge on any atom is -0.324 e. The lowest BCUT2D eigenvalue weighted by atomic mass is 9.98. The fourth-order valence-corrected chi connectivity index (χ4v) is 5.14. The number of hydrogen-bond acceptors (Lipinski definition) is 5. The molecule has 0 radical (unpaired) electrons. The summed E-state index contributed by atoms with van der Waals surface area (Å²) in [5.41, 5.74) is 4.26. The van der Waals surface area contributed by atoms with Gasteiger partial charge < -0.3 is 5.32 Å². The van der Waals surface area contributed by atoms with E-state index in [9.17, 15) is 14.0 Å². The molecule has 3 aromatic carbocycles. The van der Waals surface area contributed by atoms with E-state index in [4.69, 9.17) is 5.10 Å². The number of halogens is 1. The Balaban J connectivity index is 1.35. The van der Waals surface area contributed by atoms with Gasteiger partial charge >= 0.3 is 0 Å². The van der Waals surface area contributed by atoms with Crippen LogP contribution >= 0.6 is 11.8 Å². The Morgan fingerprint density at radius 3 is 2.51 bits per heavy atom. The highest BCUT2D eigenvalue weighted by atomic mass is 32.2. The van der Waals surface area contributed by atoms with Gasteiger partial charge in [0.1, 0.15) is 11.1 Å². The topological polar surface area (TPSA) is 74.1 Å². The van der Waals surface area contributed by atoms with Gasteiger partial charge in [-0.15, -0.1) is 0 Å². The lowest BCUT2D eigenvalue weighted by Gasteiger charge is -2.23. The van der Waals surface area contributed by atoms with Gasteiger partial charge in [0, 0.05) is 12.8 Å². The van der Waals surface area contributed by atoms with Crippen molar-refractivity contribution in [1.82, 2.24) is 5.01 Å². The largest absolute Gasteiger partial charge is 0.324 e. The van der Waals surface area contributed by atoms with Crippen molar-refractivity contribution in [3.63, 3.8) is 0 Å². The normalized spacial score (nSPS) is 19.5. The van der Waals surface area contributed by atoms with Crippen molar-refractivity contribution in [3.8, 4) is 0 Å². The molecule has 0 bridgehead atoms. The molecule has 0 aromatic heterocycles. The lowest BCUT2D eigenvalue weighted by Crippen LogP contribution is -2.25. The van der Waals surface area contributed by atoms with Gasteiger partial charge in [-0.2, -0.15) is 10.1 Å². The summed E-state index contributed by atoms with van der Waals surface area (Å²) in [5, 5.41) is 8.96. The first-order valence-corrected chi connectivity index (χ1v) is 12.2. The summed E-state index contributed by atoms with van der Waals surface area (Å²) in [6.45, 7) is 2.04. The van der Waals surface area contributed by atoms with E-state index >= 15 is 0 Å². The maximum atomic E-state index is 13.9. The zero-order valence-corrected chi connectivity index (χ0v) is 19.8. The number of aliphatic imine (C=N–C) groups is 1. The summed E-state index contributed by atoms with van der Waals surface area (Å²) >= 11 is 1.22. The smallest absolute Gasteiger partial charge is 0.262 e. The highest BCUT2D eigenvalue weighted by Gasteiger charge is 2.39. The SMILES string of the molecule is Cc1ccc(C2=NN(C3=NC(=O)[C@@H](CC(=O)Nc4ccccc4F)S3)[C@H](c3ccccc3)C2)cc1. The van der Waals surface area contributed by atoms with Crippen LogP contribution in [0.25, 0.3) is 0 Å². The molecule has 176 valence electrons. The van der Waals surface area contributed by atoms with Crippen LogP contribution in [0.4, 0.5) is 10.1 Å². The number of rotatable bonds is 5. The Hall–Kier alpha value is -3.78. The second kappa shape index (κ2) is 9.84. The number of carbonyl (C=O) groups excluding carboxylic acids is 2. The molecule has 2 amide bonds. The molecule has 2 aliphatic heterocycles. The van der Waals surface area contributed by atoms with Crippen LogP contribution in [0.15, 0.2) is 89.0 Å². The summed E-state index contributed by atoms with van der Waals surface area (Å²) in [5.74, 6) is -1.36. The van der Waals surface area contributed by atoms with Crippen molar-refractivity contribution in [2.45, 2.75) is 31.1 Å². The predicted molar refractivity (Wildman–Crippen MR) is 137 cm³/mol. The van der Waals surface area contributed by atoms with Crippen LogP contribution in [-0.4, -0.2) is 33.0 Å². The van der Waals surface area contributed by atoms with Crippen LogP contribution in [0.3, 0.4) is 0 Å². The Labute approximate surface area is 207 Å². The Morgan fingerprint density at radius 2 is 1.77 bits per heavy atom. The number of benzene rings is 3. The third-order valence-corrected chi connectivity index (χ3v) is 7.07. The third kappa shape index (κ3) is 5.02. The van der Waals surface area contributed by atoms with E-state index < -0.39 is 17.0 Å². The molecule has 3 aromatic rings. The van der Waals surface area contributed by atoms with Crippen molar-refractivity contribution in [3.05, 3.63) is 101 Å². The van der Waals surface area contributed by atoms with Crippen molar-refractivity contribution >= 4 is 40.1 Å². The van der Waals surface area contributed by atoms with Crippen LogP contribution < -0.4 is 5.32 Å². The predicted octanol–water partition coefficient (Wildman–Crippen LogP) is 5.31. The van der Waals surface area contributed by atoms with Crippen LogP contribution in [-0.2, 0) is 9.59 Å². The van der Waals surface area contributed by atoms with Crippen LogP contribution in [0.2, 0.25) is 0 Å². The highest BCUT2D eigenvalue weighted by Crippen LogP contribution is 2.38. The zero-order chi connectivity index (χ0) is 24.4. The molecule has 2 aliphatic rings. The lowest BCUT2D eigenvalue weighted by molar-refractivity contribution is -0.121. The van der Waals surface area contributed by atoms with Crippen molar-refractivity contribution < 1.29 is 14.0 Å². The molecule has 5 rings (SSSR count). The fourth-order valence-electron chi connectivity index (χ4n) is 4.08. The number of para-hydroxylation sites is 1. The Bertz CT molecular complexity index is 1320. The van der Waals surface area contributed by atoms with Crippen LogP contribution in [0.1, 0.15) is 35.6 Å². The average molecular weight is 487 g/mol. The molecule has 0 saturated heterocycles. The maximum absolute atomic E-state index is 13.9. The summed E-state index contributed by atoms with van der Waals surface area (Å²) in [6.07, 6.45) is 0.558. The van der Waals surface area contributed by atoms with Crippen molar-refractivity contribution in [2.24, 2.45) is 10.1 Å². The zero-order valence-electron chi connectivity index (χ0n) is 19.0. The first kappa shape index (κ1) is 23.0. The van der Waals surface area contributed by atoms with Crippen LogP contribution in [0.5, 0.6) is 0 Å². The number of nitrogens with one attached hydrogen (secondary N) is 1. The molecule has 0 unspecified atom stereocenters. The van der Waals surface area contributed by atoms with Gasteiger partial charge in [-0.05, 0) is 30.2 Å². The maximum Gasteiger partial charge on any atom is 0.262 e. The average Bonchev–Trinajstić information content (AvgIpc) is 3.46. The number of aryl methyl sites for hydroxylation is 1. The van der Waals surface area contributed by atoms with Gasteiger partial charge in [0.25, 0.3) is 5.91 Å².